The molecule has 0 aromatic heterocycles. The molecule has 0 bridgehead atoms. The van der Waals surface area contributed by atoms with Crippen molar-refractivity contribution in [2.75, 3.05) is 6.54 Å². The van der Waals surface area contributed by atoms with Gasteiger partial charge in [-0.3, -0.25) is 0 Å². The quantitative estimate of drug-likeness (QED) is 0.777. The summed E-state index contributed by atoms with van der Waals surface area (Å²) in [5, 5.41) is 0. The molecule has 0 spiro atoms. The van der Waals surface area contributed by atoms with Crippen LogP contribution in [0.4, 0.5) is 13.2 Å². The lowest BCUT2D eigenvalue weighted by atomic mass is 9.68. The molecule has 1 aliphatic heterocycles. The van der Waals surface area contributed by atoms with Crippen LogP contribution >= 0.6 is 0 Å². The van der Waals surface area contributed by atoms with Gasteiger partial charge in [-0.1, -0.05) is 6.92 Å². The topological polar surface area (TPSA) is 35.2 Å². The maximum atomic E-state index is 12.8. The minimum Gasteiger partial charge on any atom is -0.375 e. The van der Waals surface area contributed by atoms with Crippen molar-refractivity contribution in [1.29, 1.82) is 0 Å². The molecule has 5 heteroatoms. The van der Waals surface area contributed by atoms with Gasteiger partial charge in [0.1, 0.15) is 0 Å². The second-order valence-corrected chi connectivity index (χ2v) is 5.52. The number of rotatable bonds is 1. The average Bonchev–Trinajstić information content (AvgIpc) is 2.52. The van der Waals surface area contributed by atoms with Gasteiger partial charge >= 0.3 is 6.18 Å². The van der Waals surface area contributed by atoms with Crippen LogP contribution in [0.25, 0.3) is 0 Å². The summed E-state index contributed by atoms with van der Waals surface area (Å²) < 4.78 is 44.1. The van der Waals surface area contributed by atoms with Gasteiger partial charge < -0.3 is 10.5 Å². The number of nitrogens with two attached hydrogens (primary N) is 1. The zero-order chi connectivity index (χ0) is 12.8. The zero-order valence-electron chi connectivity index (χ0n) is 10.2. The van der Waals surface area contributed by atoms with E-state index in [1.165, 1.54) is 0 Å². The van der Waals surface area contributed by atoms with Crippen LogP contribution in [-0.4, -0.2) is 24.9 Å². The van der Waals surface area contributed by atoms with Gasteiger partial charge in [-0.05, 0) is 44.1 Å². The van der Waals surface area contributed by atoms with Crippen LogP contribution in [0.5, 0.6) is 0 Å². The van der Waals surface area contributed by atoms with Crippen LogP contribution in [0.2, 0.25) is 0 Å². The Morgan fingerprint density at radius 1 is 1.24 bits per heavy atom. The van der Waals surface area contributed by atoms with Crippen molar-refractivity contribution < 1.29 is 17.9 Å². The van der Waals surface area contributed by atoms with Crippen LogP contribution in [0.15, 0.2) is 0 Å². The van der Waals surface area contributed by atoms with Crippen molar-refractivity contribution in [2.45, 2.75) is 45.1 Å². The fourth-order valence-corrected chi connectivity index (χ4v) is 3.51. The fourth-order valence-electron chi connectivity index (χ4n) is 3.51. The molecule has 2 N–H and O–H groups in total. The van der Waals surface area contributed by atoms with E-state index in [9.17, 15) is 13.2 Å². The Morgan fingerprint density at radius 2 is 1.88 bits per heavy atom. The molecule has 6 unspecified atom stereocenters. The Balaban J connectivity index is 2.16. The van der Waals surface area contributed by atoms with Gasteiger partial charge in [0, 0.05) is 0 Å². The summed E-state index contributed by atoms with van der Waals surface area (Å²) in [4.78, 5) is 0. The molecule has 2 rings (SSSR count). The van der Waals surface area contributed by atoms with Gasteiger partial charge in [0.05, 0.1) is 18.1 Å². The molecule has 0 amide bonds. The molecule has 2 aliphatic rings. The van der Waals surface area contributed by atoms with Crippen molar-refractivity contribution >= 4 is 0 Å². The molecule has 2 nitrogen and oxygen atoms in total. The molecule has 1 aliphatic carbocycles. The minimum absolute atomic E-state index is 0.0473. The number of halogens is 3. The molecular formula is C12H20F3NO. The molecule has 100 valence electrons. The highest BCUT2D eigenvalue weighted by Gasteiger charge is 2.53. The Bertz CT molecular complexity index is 273. The van der Waals surface area contributed by atoms with Crippen molar-refractivity contribution in [1.82, 2.24) is 0 Å². The third-order valence-electron chi connectivity index (χ3n) is 4.58. The lowest BCUT2D eigenvalue weighted by molar-refractivity contribution is -0.199. The Labute approximate surface area is 99.7 Å². The normalized spacial score (nSPS) is 46.9. The molecular weight excluding hydrogens is 231 g/mol. The molecule has 1 heterocycles. The van der Waals surface area contributed by atoms with E-state index >= 15 is 0 Å². The first-order valence-corrected chi connectivity index (χ1v) is 6.26. The first-order valence-electron chi connectivity index (χ1n) is 6.26. The Morgan fingerprint density at radius 3 is 2.41 bits per heavy atom. The standard InChI is InChI=1S/C12H20F3NO/c1-6-7(2)17-10-4-9(12(13,14)15)3-8(5-16)11(6)10/h6-11H,3-5,16H2,1-2H3. The van der Waals surface area contributed by atoms with E-state index in [1.807, 2.05) is 6.92 Å². The van der Waals surface area contributed by atoms with Gasteiger partial charge in [-0.25, -0.2) is 0 Å². The predicted octanol–water partition coefficient (Wildman–Crippen LogP) is 2.57. The second-order valence-electron chi connectivity index (χ2n) is 5.52. The summed E-state index contributed by atoms with van der Waals surface area (Å²) in [7, 11) is 0. The average molecular weight is 251 g/mol. The highest BCUT2D eigenvalue weighted by molar-refractivity contribution is 4.97. The maximum Gasteiger partial charge on any atom is 0.391 e. The number of hydrogen-bond acceptors (Lipinski definition) is 2. The van der Waals surface area contributed by atoms with Gasteiger partial charge in [0.2, 0.25) is 0 Å². The number of hydrogen-bond donors (Lipinski definition) is 1. The summed E-state index contributed by atoms with van der Waals surface area (Å²) in [6.45, 7) is 4.33. The second kappa shape index (κ2) is 4.43. The van der Waals surface area contributed by atoms with Crippen LogP contribution in [0, 0.1) is 23.7 Å². The van der Waals surface area contributed by atoms with Crippen molar-refractivity contribution in [3.8, 4) is 0 Å². The van der Waals surface area contributed by atoms with E-state index in [0.717, 1.165) is 0 Å². The van der Waals surface area contributed by atoms with Crippen LogP contribution in [0.3, 0.4) is 0 Å². The van der Waals surface area contributed by atoms with Gasteiger partial charge in [-0.15, -0.1) is 0 Å². The number of ether oxygens (including phenoxy) is 1. The molecule has 6 atom stereocenters. The van der Waals surface area contributed by atoms with Gasteiger partial charge in [0.25, 0.3) is 0 Å². The Hall–Kier alpha value is -0.290. The van der Waals surface area contributed by atoms with Crippen LogP contribution in [0.1, 0.15) is 26.7 Å². The summed E-state index contributed by atoms with van der Waals surface area (Å²) in [6, 6.07) is 0. The smallest absolute Gasteiger partial charge is 0.375 e. The van der Waals surface area contributed by atoms with Crippen molar-refractivity contribution in [3.05, 3.63) is 0 Å². The molecule has 0 radical (unpaired) electrons. The van der Waals surface area contributed by atoms with Crippen molar-refractivity contribution in [2.24, 2.45) is 29.4 Å². The van der Waals surface area contributed by atoms with E-state index < -0.39 is 12.1 Å². The van der Waals surface area contributed by atoms with Gasteiger partial charge in [-0.2, -0.15) is 13.2 Å². The SMILES string of the molecule is CC1OC2CC(C(F)(F)F)CC(CN)C2C1C. The molecule has 0 aromatic rings. The summed E-state index contributed by atoms with van der Waals surface area (Å²) in [5.74, 6) is -0.786. The number of fused-ring (bicyclic) bond motifs is 1. The third-order valence-corrected chi connectivity index (χ3v) is 4.58. The van der Waals surface area contributed by atoms with Gasteiger partial charge in [0.15, 0.2) is 0 Å². The first kappa shape index (κ1) is 13.1. The van der Waals surface area contributed by atoms with E-state index in [4.69, 9.17) is 10.5 Å². The summed E-state index contributed by atoms with van der Waals surface area (Å²) in [6.07, 6.45) is -4.04. The van der Waals surface area contributed by atoms with E-state index in [-0.39, 0.29) is 36.9 Å². The van der Waals surface area contributed by atoms with E-state index in [0.29, 0.717) is 12.5 Å². The maximum absolute atomic E-state index is 12.8. The molecule has 0 aromatic carbocycles. The highest BCUT2D eigenvalue weighted by atomic mass is 19.4. The first-order chi connectivity index (χ1) is 7.84. The summed E-state index contributed by atoms with van der Waals surface area (Å²) >= 11 is 0. The van der Waals surface area contributed by atoms with Crippen molar-refractivity contribution in [3.63, 3.8) is 0 Å². The van der Waals surface area contributed by atoms with Crippen LogP contribution in [-0.2, 0) is 4.74 Å². The molecule has 1 saturated heterocycles. The fraction of sp³-hybridized carbons (Fsp3) is 1.00. The van der Waals surface area contributed by atoms with Crippen LogP contribution < -0.4 is 5.73 Å². The lowest BCUT2D eigenvalue weighted by Crippen LogP contribution is -2.43. The molecule has 17 heavy (non-hydrogen) atoms. The lowest BCUT2D eigenvalue weighted by Gasteiger charge is -2.39. The summed E-state index contributed by atoms with van der Waals surface area (Å²) in [5.41, 5.74) is 5.65. The Kier molecular flexibility index (Phi) is 3.42. The third kappa shape index (κ3) is 2.32. The van der Waals surface area contributed by atoms with E-state index in [2.05, 4.69) is 6.92 Å². The number of alkyl halides is 3. The zero-order valence-corrected chi connectivity index (χ0v) is 10.2. The molecule has 1 saturated carbocycles. The van der Waals surface area contributed by atoms with E-state index in [1.54, 1.807) is 0 Å². The minimum atomic E-state index is -4.11. The largest absolute Gasteiger partial charge is 0.391 e. The highest BCUT2D eigenvalue weighted by Crippen LogP contribution is 2.49. The monoisotopic (exact) mass is 251 g/mol. The molecule has 2 fully saturated rings. The predicted molar refractivity (Wildman–Crippen MR) is 58.3 cm³/mol.